The van der Waals surface area contributed by atoms with Crippen molar-refractivity contribution in [1.29, 1.82) is 0 Å². The standard InChI is InChI=1S/C39H59N3O4S/c1-25(2)10-8-11-26(3)31-16-17-32-36-33(19-20-37(31,32)4)38(5)21-18-28(43)23-39(38,44)34(36)24-40-41-47(45,46)29-14-15-30-27(22-29)12-9-13-35(30)42(6)7/h9,12-15,22,24-26,28,31-34,36,41,43-44H,8,10-11,16-21,23H2,1-7H3/b40-24+/t26-,28+,31-,32?,33?,34-,36?,37-,38-,39-/m1/s1. The average molecular weight is 666 g/mol. The first-order chi connectivity index (χ1) is 22.1. The van der Waals surface area contributed by atoms with Gasteiger partial charge in [-0.3, -0.25) is 0 Å². The second-order valence-electron chi connectivity index (χ2n) is 17.0. The van der Waals surface area contributed by atoms with Gasteiger partial charge < -0.3 is 15.1 Å². The third-order valence-electron chi connectivity index (χ3n) is 13.9. The Labute approximate surface area is 283 Å². The molecule has 4 saturated carbocycles. The lowest BCUT2D eigenvalue weighted by atomic mass is 9.53. The predicted octanol–water partition coefficient (Wildman–Crippen LogP) is 7.60. The zero-order valence-corrected chi connectivity index (χ0v) is 30.6. The molecule has 4 aliphatic rings. The van der Waals surface area contributed by atoms with E-state index < -0.39 is 21.7 Å². The normalized spacial score (nSPS) is 37.6. The van der Waals surface area contributed by atoms with E-state index in [1.54, 1.807) is 18.3 Å². The smallest absolute Gasteiger partial charge is 0.276 e. The molecule has 6 rings (SSSR count). The highest BCUT2D eigenvalue weighted by Crippen LogP contribution is 2.72. The molecule has 4 fully saturated rings. The number of nitrogens with zero attached hydrogens (tertiary/aromatic N) is 2. The Morgan fingerprint density at radius 2 is 1.79 bits per heavy atom. The van der Waals surface area contributed by atoms with Gasteiger partial charge >= 0.3 is 0 Å². The Balaban J connectivity index is 1.29. The van der Waals surface area contributed by atoms with Crippen LogP contribution in [0.5, 0.6) is 0 Å². The van der Waals surface area contributed by atoms with Crippen LogP contribution in [0.15, 0.2) is 46.4 Å². The van der Waals surface area contributed by atoms with E-state index in [9.17, 15) is 18.6 Å². The van der Waals surface area contributed by atoms with Crippen LogP contribution in [0.3, 0.4) is 0 Å². The number of benzene rings is 2. The molecule has 47 heavy (non-hydrogen) atoms. The van der Waals surface area contributed by atoms with E-state index in [1.165, 1.54) is 32.1 Å². The van der Waals surface area contributed by atoms with E-state index in [4.69, 9.17) is 0 Å². The largest absolute Gasteiger partial charge is 0.393 e. The van der Waals surface area contributed by atoms with Crippen LogP contribution in [0.4, 0.5) is 5.69 Å². The van der Waals surface area contributed by atoms with Gasteiger partial charge in [-0.2, -0.15) is 13.5 Å². The molecule has 0 bridgehead atoms. The third kappa shape index (κ3) is 5.82. The fourth-order valence-corrected chi connectivity index (χ4v) is 12.3. The summed E-state index contributed by atoms with van der Waals surface area (Å²) in [5, 5.41) is 29.8. The molecule has 0 spiro atoms. The van der Waals surface area contributed by atoms with E-state index in [0.717, 1.165) is 41.6 Å². The Kier molecular flexibility index (Phi) is 9.32. The number of rotatable bonds is 10. The van der Waals surface area contributed by atoms with E-state index >= 15 is 0 Å². The molecule has 0 radical (unpaired) electrons. The highest BCUT2D eigenvalue weighted by atomic mass is 32.2. The molecule has 2 aromatic carbocycles. The van der Waals surface area contributed by atoms with Gasteiger partial charge in [0.25, 0.3) is 10.0 Å². The van der Waals surface area contributed by atoms with Crippen molar-refractivity contribution < 1.29 is 18.6 Å². The SMILES string of the molecule is CC(C)CCC[C@@H](C)[C@H]1CCC2C3C(CC[C@@]21C)[C@@]1(C)CC[C@H](O)C[C@@]1(O)[C@@H]3/C=N/NS(=O)(=O)c1ccc2c(N(C)C)cccc2c1. The predicted molar refractivity (Wildman–Crippen MR) is 192 cm³/mol. The van der Waals surface area contributed by atoms with E-state index in [0.29, 0.717) is 36.5 Å². The molecule has 4 aliphatic carbocycles. The zero-order valence-electron chi connectivity index (χ0n) is 29.7. The van der Waals surface area contributed by atoms with Crippen molar-refractivity contribution in [1.82, 2.24) is 4.83 Å². The number of hydrogen-bond acceptors (Lipinski definition) is 6. The summed E-state index contributed by atoms with van der Waals surface area (Å²) in [7, 11) is 0.0116. The van der Waals surface area contributed by atoms with Gasteiger partial charge in [0.1, 0.15) is 0 Å². The molecular weight excluding hydrogens is 607 g/mol. The lowest BCUT2D eigenvalue weighted by Crippen LogP contribution is -2.54. The van der Waals surface area contributed by atoms with E-state index in [1.807, 2.05) is 43.3 Å². The molecule has 2 aromatic rings. The summed E-state index contributed by atoms with van der Waals surface area (Å²) in [6, 6.07) is 11.1. The minimum Gasteiger partial charge on any atom is -0.393 e. The summed E-state index contributed by atoms with van der Waals surface area (Å²) in [6.45, 7) is 11.9. The Morgan fingerprint density at radius 1 is 1.02 bits per heavy atom. The van der Waals surface area contributed by atoms with Crippen molar-refractivity contribution in [2.45, 2.75) is 115 Å². The number of fused-ring (bicyclic) bond motifs is 6. The highest BCUT2D eigenvalue weighted by Gasteiger charge is 2.71. The number of aliphatic hydroxyl groups excluding tert-OH is 1. The fraction of sp³-hybridized carbons (Fsp3) is 0.718. The zero-order chi connectivity index (χ0) is 33.9. The molecule has 3 unspecified atom stereocenters. The van der Waals surface area contributed by atoms with Gasteiger partial charge in [0.05, 0.1) is 16.6 Å². The number of anilines is 1. The lowest BCUT2D eigenvalue weighted by molar-refractivity contribution is -0.142. The van der Waals surface area contributed by atoms with Crippen LogP contribution in [0.2, 0.25) is 0 Å². The van der Waals surface area contributed by atoms with E-state index in [2.05, 4.69) is 44.6 Å². The van der Waals surface area contributed by atoms with Crippen LogP contribution < -0.4 is 9.73 Å². The Hall–Kier alpha value is -2.16. The fourth-order valence-electron chi connectivity index (χ4n) is 11.4. The maximum absolute atomic E-state index is 13.6. The van der Waals surface area contributed by atoms with Gasteiger partial charge in [-0.15, -0.1) is 0 Å². The molecule has 0 heterocycles. The summed E-state index contributed by atoms with van der Waals surface area (Å²) in [5.74, 6) is 2.72. The lowest BCUT2D eigenvalue weighted by Gasteiger charge is -2.52. The van der Waals surface area contributed by atoms with Crippen LogP contribution in [-0.2, 0) is 10.0 Å². The molecule has 260 valence electrons. The number of aliphatic hydroxyl groups is 2. The maximum Gasteiger partial charge on any atom is 0.276 e. The molecule has 0 aromatic heterocycles. The summed E-state index contributed by atoms with van der Waals surface area (Å²) >= 11 is 0. The second-order valence-corrected chi connectivity index (χ2v) is 18.7. The molecule has 0 saturated heterocycles. The van der Waals surface area contributed by atoms with Crippen LogP contribution in [0, 0.1) is 52.3 Å². The van der Waals surface area contributed by atoms with Crippen molar-refractivity contribution in [2.24, 2.45) is 57.4 Å². The second kappa shape index (κ2) is 12.6. The van der Waals surface area contributed by atoms with Crippen LogP contribution >= 0.6 is 0 Å². The van der Waals surface area contributed by atoms with Gasteiger partial charge in [-0.25, -0.2) is 4.83 Å². The first-order valence-electron chi connectivity index (χ1n) is 18.3. The van der Waals surface area contributed by atoms with Gasteiger partial charge in [-0.05, 0) is 103 Å². The highest BCUT2D eigenvalue weighted by molar-refractivity contribution is 7.89. The summed E-state index contributed by atoms with van der Waals surface area (Å²) in [6.07, 6.45) is 11.4. The quantitative estimate of drug-likeness (QED) is 0.179. The third-order valence-corrected chi connectivity index (χ3v) is 15.1. The van der Waals surface area contributed by atoms with Crippen molar-refractivity contribution in [3.05, 3.63) is 36.4 Å². The molecule has 0 aliphatic heterocycles. The monoisotopic (exact) mass is 665 g/mol. The molecule has 7 nitrogen and oxygen atoms in total. The van der Waals surface area contributed by atoms with Gasteiger partial charge in [-0.1, -0.05) is 72.1 Å². The number of nitrogens with one attached hydrogen (secondary N) is 1. The Bertz CT molecular complexity index is 1590. The molecule has 3 N–H and O–H groups in total. The maximum atomic E-state index is 13.6. The molecule has 10 atom stereocenters. The van der Waals surface area contributed by atoms with Crippen LogP contribution in [-0.4, -0.2) is 50.6 Å². The summed E-state index contributed by atoms with van der Waals surface area (Å²) < 4.78 is 27.1. The topological polar surface area (TPSA) is 102 Å². The van der Waals surface area contributed by atoms with Crippen molar-refractivity contribution in [3.63, 3.8) is 0 Å². The van der Waals surface area contributed by atoms with Gasteiger partial charge in [0, 0.05) is 49.1 Å². The van der Waals surface area contributed by atoms with Crippen molar-refractivity contribution in [2.75, 3.05) is 19.0 Å². The Morgan fingerprint density at radius 3 is 2.51 bits per heavy atom. The number of hydrazone groups is 1. The van der Waals surface area contributed by atoms with Crippen molar-refractivity contribution in [3.8, 4) is 0 Å². The van der Waals surface area contributed by atoms with Gasteiger partial charge in [0.15, 0.2) is 0 Å². The number of sulfonamides is 1. The first-order valence-corrected chi connectivity index (χ1v) is 19.8. The molecule has 8 heteroatoms. The van der Waals surface area contributed by atoms with Crippen molar-refractivity contribution >= 4 is 32.7 Å². The minimum absolute atomic E-state index is 0.161. The summed E-state index contributed by atoms with van der Waals surface area (Å²) in [5.41, 5.74) is -0.249. The minimum atomic E-state index is -3.94. The molecular formula is C39H59N3O4S. The van der Waals surface area contributed by atoms with E-state index in [-0.39, 0.29) is 27.6 Å². The van der Waals surface area contributed by atoms with Gasteiger partial charge in [0.2, 0.25) is 0 Å². The average Bonchev–Trinajstić information content (AvgIpc) is 3.45. The van der Waals surface area contributed by atoms with Crippen LogP contribution in [0.25, 0.3) is 10.8 Å². The first kappa shape index (κ1) is 34.7. The van der Waals surface area contributed by atoms with Crippen LogP contribution in [0.1, 0.15) is 98.8 Å². The number of hydrogen-bond donors (Lipinski definition) is 3. The summed E-state index contributed by atoms with van der Waals surface area (Å²) in [4.78, 5) is 4.70. The molecule has 0 amide bonds.